The summed E-state index contributed by atoms with van der Waals surface area (Å²) in [6.45, 7) is -0.326. The number of carbonyl (C=O) groups excluding carboxylic acids is 1. The number of hydrogen-bond acceptors (Lipinski definition) is 7. The van der Waals surface area contributed by atoms with E-state index in [2.05, 4.69) is 10.5 Å². The normalized spacial score (nSPS) is 12.2. The van der Waals surface area contributed by atoms with Crippen molar-refractivity contribution >= 4 is 29.4 Å². The van der Waals surface area contributed by atoms with Gasteiger partial charge in [0.25, 0.3) is 11.6 Å². The fourth-order valence-electron chi connectivity index (χ4n) is 2.12. The molecule has 0 radical (unpaired) electrons. The summed E-state index contributed by atoms with van der Waals surface area (Å²) in [4.78, 5) is 22.3. The molecule has 1 amide bonds. The Morgan fingerprint density at radius 1 is 1.35 bits per heavy atom. The Bertz CT molecular complexity index is 886. The molecule has 0 spiro atoms. The van der Waals surface area contributed by atoms with E-state index in [1.165, 1.54) is 12.1 Å². The number of fused-ring (bicyclic) bond motifs is 1. The number of nitro benzene ring substituents is 1. The quantitative estimate of drug-likeness (QED) is 0.470. The van der Waals surface area contributed by atoms with Gasteiger partial charge in [0.15, 0.2) is 18.1 Å². The van der Waals surface area contributed by atoms with Crippen LogP contribution in [0.1, 0.15) is 5.56 Å². The van der Waals surface area contributed by atoms with Crippen LogP contribution in [0, 0.1) is 10.1 Å². The number of nitro groups is 1. The zero-order valence-corrected chi connectivity index (χ0v) is 13.9. The van der Waals surface area contributed by atoms with E-state index in [1.54, 1.807) is 24.3 Å². The van der Waals surface area contributed by atoms with Gasteiger partial charge < -0.3 is 14.2 Å². The molecular weight excluding hydrogens is 366 g/mol. The van der Waals surface area contributed by atoms with Crippen molar-refractivity contribution in [1.29, 1.82) is 0 Å². The van der Waals surface area contributed by atoms with E-state index in [9.17, 15) is 14.9 Å². The number of para-hydroxylation sites is 1. The molecule has 2 aromatic rings. The lowest BCUT2D eigenvalue weighted by Gasteiger charge is -2.06. The maximum absolute atomic E-state index is 11.8. The molecular formula is C16H12ClN3O6. The van der Waals surface area contributed by atoms with E-state index in [-0.39, 0.29) is 30.4 Å². The van der Waals surface area contributed by atoms with Gasteiger partial charge in [0.05, 0.1) is 27.8 Å². The lowest BCUT2D eigenvalue weighted by molar-refractivity contribution is -0.385. The lowest BCUT2D eigenvalue weighted by atomic mass is 10.1. The molecule has 0 aliphatic carbocycles. The van der Waals surface area contributed by atoms with Crippen molar-refractivity contribution in [1.82, 2.24) is 5.43 Å². The molecule has 0 aromatic heterocycles. The van der Waals surface area contributed by atoms with Crippen LogP contribution in [0.5, 0.6) is 17.2 Å². The number of nitrogens with zero attached hydrogens (tertiary/aromatic N) is 2. The minimum atomic E-state index is -0.578. The Labute approximate surface area is 152 Å². The smallest absolute Gasteiger partial charge is 0.282 e. The molecule has 1 N–H and O–H groups in total. The first-order valence-electron chi connectivity index (χ1n) is 7.32. The first-order chi connectivity index (χ1) is 12.5. The number of halogens is 1. The van der Waals surface area contributed by atoms with Crippen molar-refractivity contribution in [2.24, 2.45) is 5.10 Å². The average Bonchev–Trinajstić information content (AvgIpc) is 3.07. The van der Waals surface area contributed by atoms with Crippen LogP contribution in [0.3, 0.4) is 0 Å². The summed E-state index contributed by atoms with van der Waals surface area (Å²) >= 11 is 5.91. The van der Waals surface area contributed by atoms with Gasteiger partial charge >= 0.3 is 0 Å². The summed E-state index contributed by atoms with van der Waals surface area (Å²) in [5.74, 6) is 0.459. The number of hydrogen-bond donors (Lipinski definition) is 1. The fourth-order valence-corrected chi connectivity index (χ4v) is 2.31. The zero-order valence-electron chi connectivity index (χ0n) is 13.2. The number of ether oxygens (including phenoxy) is 3. The summed E-state index contributed by atoms with van der Waals surface area (Å²) in [5.41, 5.74) is 2.16. The molecule has 1 aliphatic heterocycles. The third kappa shape index (κ3) is 4.01. The Morgan fingerprint density at radius 2 is 2.08 bits per heavy atom. The van der Waals surface area contributed by atoms with Gasteiger partial charge in [0.2, 0.25) is 6.79 Å². The SMILES string of the molecule is O=C(COc1ccccc1Cl)NN=Cc1cc2c(cc1[N+](=O)[O-])OCO2. The van der Waals surface area contributed by atoms with Crippen LogP contribution in [0.15, 0.2) is 41.5 Å². The van der Waals surface area contributed by atoms with Gasteiger partial charge in [-0.3, -0.25) is 14.9 Å². The molecule has 9 nitrogen and oxygen atoms in total. The van der Waals surface area contributed by atoms with E-state index in [1.807, 2.05) is 0 Å². The second-order valence-electron chi connectivity index (χ2n) is 5.03. The molecule has 2 aromatic carbocycles. The molecule has 0 saturated carbocycles. The molecule has 26 heavy (non-hydrogen) atoms. The van der Waals surface area contributed by atoms with Crippen molar-refractivity contribution in [2.75, 3.05) is 13.4 Å². The van der Waals surface area contributed by atoms with Gasteiger partial charge in [-0.05, 0) is 18.2 Å². The average molecular weight is 378 g/mol. The molecule has 10 heteroatoms. The van der Waals surface area contributed by atoms with Crippen LogP contribution >= 0.6 is 11.6 Å². The van der Waals surface area contributed by atoms with Crippen LogP contribution < -0.4 is 19.6 Å². The van der Waals surface area contributed by atoms with Gasteiger partial charge in [-0.1, -0.05) is 23.7 Å². The van der Waals surface area contributed by atoms with E-state index < -0.39 is 10.8 Å². The number of amides is 1. The van der Waals surface area contributed by atoms with Crippen LogP contribution in [-0.2, 0) is 4.79 Å². The molecule has 0 bridgehead atoms. The van der Waals surface area contributed by atoms with Gasteiger partial charge in [0.1, 0.15) is 5.75 Å². The highest BCUT2D eigenvalue weighted by atomic mass is 35.5. The molecule has 0 saturated heterocycles. The first kappa shape index (κ1) is 17.5. The van der Waals surface area contributed by atoms with Gasteiger partial charge in [-0.25, -0.2) is 5.43 Å². The predicted octanol–water partition coefficient (Wildman–Crippen LogP) is 2.51. The minimum Gasteiger partial charge on any atom is -0.482 e. The summed E-state index contributed by atoms with van der Waals surface area (Å²) in [6, 6.07) is 9.36. The molecule has 3 rings (SSSR count). The van der Waals surface area contributed by atoms with Crippen molar-refractivity contribution in [3.8, 4) is 17.2 Å². The second-order valence-corrected chi connectivity index (χ2v) is 5.44. The number of carbonyl (C=O) groups is 1. The first-order valence-corrected chi connectivity index (χ1v) is 7.69. The Hall–Kier alpha value is -3.33. The minimum absolute atomic E-state index is 0.0107. The molecule has 0 fully saturated rings. The van der Waals surface area contributed by atoms with Crippen molar-refractivity contribution in [3.05, 3.63) is 57.1 Å². The van der Waals surface area contributed by atoms with Crippen LogP contribution in [0.2, 0.25) is 5.02 Å². The van der Waals surface area contributed by atoms with E-state index in [0.29, 0.717) is 16.5 Å². The number of rotatable bonds is 6. The highest BCUT2D eigenvalue weighted by molar-refractivity contribution is 6.32. The second kappa shape index (κ2) is 7.70. The molecule has 0 atom stereocenters. The van der Waals surface area contributed by atoms with E-state index in [0.717, 1.165) is 6.21 Å². The van der Waals surface area contributed by atoms with Crippen molar-refractivity contribution in [2.45, 2.75) is 0 Å². The summed E-state index contributed by atoms with van der Waals surface area (Å²) in [6.07, 6.45) is 1.15. The van der Waals surface area contributed by atoms with Crippen molar-refractivity contribution < 1.29 is 23.9 Å². The van der Waals surface area contributed by atoms with Gasteiger partial charge in [-0.2, -0.15) is 5.10 Å². The zero-order chi connectivity index (χ0) is 18.5. The summed E-state index contributed by atoms with van der Waals surface area (Å²) in [5, 5.41) is 15.2. The Morgan fingerprint density at radius 3 is 2.81 bits per heavy atom. The maximum atomic E-state index is 11.8. The third-order valence-corrected chi connectivity index (χ3v) is 3.62. The van der Waals surface area contributed by atoms with Gasteiger partial charge in [-0.15, -0.1) is 0 Å². The van der Waals surface area contributed by atoms with Crippen LogP contribution in [0.25, 0.3) is 0 Å². The lowest BCUT2D eigenvalue weighted by Crippen LogP contribution is -2.24. The fraction of sp³-hybridized carbons (Fsp3) is 0.125. The number of nitrogens with one attached hydrogen (secondary N) is 1. The van der Waals surface area contributed by atoms with E-state index in [4.69, 9.17) is 25.8 Å². The Balaban J connectivity index is 1.62. The topological polar surface area (TPSA) is 112 Å². The molecule has 1 aliphatic rings. The monoisotopic (exact) mass is 377 g/mol. The maximum Gasteiger partial charge on any atom is 0.282 e. The van der Waals surface area contributed by atoms with Gasteiger partial charge in [0, 0.05) is 0 Å². The number of hydrazone groups is 1. The standard InChI is InChI=1S/C16H12ClN3O6/c17-11-3-1-2-4-13(11)24-8-16(21)19-18-7-10-5-14-15(26-9-25-14)6-12(10)20(22)23/h1-7H,8-9H2,(H,19,21). The summed E-state index contributed by atoms with van der Waals surface area (Å²) < 4.78 is 15.5. The molecule has 0 unspecified atom stereocenters. The van der Waals surface area contributed by atoms with E-state index >= 15 is 0 Å². The molecule has 134 valence electrons. The predicted molar refractivity (Wildman–Crippen MR) is 91.9 cm³/mol. The Kier molecular flexibility index (Phi) is 5.18. The van der Waals surface area contributed by atoms with Crippen LogP contribution in [-0.4, -0.2) is 30.4 Å². The number of benzene rings is 2. The highest BCUT2D eigenvalue weighted by Gasteiger charge is 2.22. The largest absolute Gasteiger partial charge is 0.482 e. The third-order valence-electron chi connectivity index (χ3n) is 3.31. The van der Waals surface area contributed by atoms with Crippen LogP contribution in [0.4, 0.5) is 5.69 Å². The highest BCUT2D eigenvalue weighted by Crippen LogP contribution is 2.37. The van der Waals surface area contributed by atoms with Crippen molar-refractivity contribution in [3.63, 3.8) is 0 Å². The summed E-state index contributed by atoms with van der Waals surface area (Å²) in [7, 11) is 0. The molecule has 1 heterocycles.